The summed E-state index contributed by atoms with van der Waals surface area (Å²) >= 11 is 0. The molecule has 15 nitrogen and oxygen atoms in total. The second-order valence-corrected chi connectivity index (χ2v) is 12.0. The average molecular weight is 677 g/mol. The van der Waals surface area contributed by atoms with E-state index in [0.717, 1.165) is 5.56 Å². The number of nitrogens with zero attached hydrogens (tertiary/aromatic N) is 1. The smallest absolute Gasteiger partial charge is 0.317 e. The summed E-state index contributed by atoms with van der Waals surface area (Å²) in [5, 5.41) is 42.7. The maximum absolute atomic E-state index is 12.0. The number of rotatable bonds is 7. The van der Waals surface area contributed by atoms with Crippen LogP contribution in [0.1, 0.15) is 41.6 Å². The Morgan fingerprint density at radius 1 is 1.12 bits per heavy atom. The van der Waals surface area contributed by atoms with Crippen molar-refractivity contribution in [1.29, 1.82) is 0 Å². The van der Waals surface area contributed by atoms with Gasteiger partial charge in [0.25, 0.3) is 0 Å². The van der Waals surface area contributed by atoms with Crippen molar-refractivity contribution in [3.05, 3.63) is 53.2 Å². The van der Waals surface area contributed by atoms with Gasteiger partial charge in [-0.3, -0.25) is 9.59 Å². The van der Waals surface area contributed by atoms with Crippen molar-refractivity contribution in [1.82, 2.24) is 4.98 Å². The van der Waals surface area contributed by atoms with Crippen LogP contribution in [0.3, 0.4) is 0 Å². The van der Waals surface area contributed by atoms with Crippen LogP contribution in [0, 0.1) is 11.8 Å². The van der Waals surface area contributed by atoms with E-state index in [1.165, 1.54) is 14.2 Å². The maximum atomic E-state index is 12.0. The summed E-state index contributed by atoms with van der Waals surface area (Å²) in [6, 6.07) is 8.67. The number of benzene rings is 2. The summed E-state index contributed by atoms with van der Waals surface area (Å²) < 4.78 is 41.2. The SMILES string of the molecule is COc1ccc2c(c1OC)O[C@@H]1c3c(cc4c(c3-c3ccc(N)nc3)C#CC[C@]3(O)[C@H](O)[C@@H](O)[C@H](O4)O[C@@H]3COC(=O)CC(=O)O)OC[C@@H]21. The summed E-state index contributed by atoms with van der Waals surface area (Å²) in [5.41, 5.74) is 6.61. The molecule has 6 heterocycles. The summed E-state index contributed by atoms with van der Waals surface area (Å²) in [4.78, 5) is 27.2. The molecule has 49 heavy (non-hydrogen) atoms. The predicted octanol–water partition coefficient (Wildman–Crippen LogP) is 1.29. The molecule has 256 valence electrons. The number of aliphatic carboxylic acids is 1. The molecular formula is C34H32N2O13. The van der Waals surface area contributed by atoms with Crippen LogP contribution in [-0.2, 0) is 19.1 Å². The van der Waals surface area contributed by atoms with Gasteiger partial charge in [0.05, 0.1) is 32.3 Å². The van der Waals surface area contributed by atoms with E-state index in [-0.39, 0.29) is 24.1 Å². The number of fused-ring (bicyclic) bond motifs is 8. The van der Waals surface area contributed by atoms with E-state index in [1.807, 2.05) is 6.07 Å². The maximum Gasteiger partial charge on any atom is 0.317 e. The number of ether oxygens (including phenoxy) is 7. The Labute approximate surface area is 279 Å². The van der Waals surface area contributed by atoms with E-state index in [1.54, 1.807) is 30.5 Å². The van der Waals surface area contributed by atoms with Gasteiger partial charge in [0, 0.05) is 40.9 Å². The van der Waals surface area contributed by atoms with E-state index < -0.39 is 67.7 Å². The number of aliphatic hydroxyl groups excluding tert-OH is 2. The second-order valence-electron chi connectivity index (χ2n) is 12.0. The Balaban J connectivity index is 1.35. The lowest BCUT2D eigenvalue weighted by atomic mass is 9.80. The van der Waals surface area contributed by atoms with Gasteiger partial charge >= 0.3 is 11.9 Å². The number of hydrogen-bond acceptors (Lipinski definition) is 14. The fourth-order valence-corrected chi connectivity index (χ4v) is 6.68. The highest BCUT2D eigenvalue weighted by Crippen LogP contribution is 2.59. The molecule has 1 aromatic heterocycles. The zero-order chi connectivity index (χ0) is 34.6. The molecule has 0 radical (unpaired) electrons. The molecular weight excluding hydrogens is 644 g/mol. The molecule has 3 aromatic rings. The van der Waals surface area contributed by atoms with E-state index in [9.17, 15) is 24.9 Å². The first kappa shape index (κ1) is 32.3. The van der Waals surface area contributed by atoms with Crippen LogP contribution < -0.4 is 29.4 Å². The molecule has 5 aliphatic rings. The first-order valence-electron chi connectivity index (χ1n) is 15.3. The normalized spacial score (nSPS) is 27.3. The molecule has 0 saturated carbocycles. The summed E-state index contributed by atoms with van der Waals surface area (Å²) in [7, 11) is 3.07. The number of nitrogens with two attached hydrogens (primary N) is 1. The lowest BCUT2D eigenvalue weighted by molar-refractivity contribution is -0.312. The molecule has 1 fully saturated rings. The van der Waals surface area contributed by atoms with E-state index in [0.29, 0.717) is 45.3 Å². The quantitative estimate of drug-likeness (QED) is 0.135. The van der Waals surface area contributed by atoms with Crippen LogP contribution in [0.15, 0.2) is 36.5 Å². The minimum atomic E-state index is -2.25. The molecule has 0 spiro atoms. The number of pyridine rings is 1. The van der Waals surface area contributed by atoms with Gasteiger partial charge in [-0.25, -0.2) is 4.98 Å². The molecule has 7 atom stereocenters. The third-order valence-electron chi connectivity index (χ3n) is 9.10. The van der Waals surface area contributed by atoms with Crippen molar-refractivity contribution >= 4 is 17.8 Å². The highest BCUT2D eigenvalue weighted by Gasteiger charge is 2.56. The monoisotopic (exact) mass is 676 g/mol. The van der Waals surface area contributed by atoms with Crippen molar-refractivity contribution in [2.24, 2.45) is 0 Å². The third-order valence-corrected chi connectivity index (χ3v) is 9.10. The number of carbonyl (C=O) groups excluding carboxylic acids is 1. The lowest BCUT2D eigenvalue weighted by Gasteiger charge is -2.47. The van der Waals surface area contributed by atoms with Gasteiger partial charge in [0.15, 0.2) is 11.5 Å². The predicted molar refractivity (Wildman–Crippen MR) is 166 cm³/mol. The molecule has 0 aliphatic carbocycles. The highest BCUT2D eigenvalue weighted by atomic mass is 16.7. The van der Waals surface area contributed by atoms with Gasteiger partial charge in [0.1, 0.15) is 60.4 Å². The molecule has 0 amide bonds. The van der Waals surface area contributed by atoms with Gasteiger partial charge in [-0.05, 0) is 18.2 Å². The van der Waals surface area contributed by atoms with Crippen molar-refractivity contribution in [3.63, 3.8) is 0 Å². The molecule has 8 rings (SSSR count). The van der Waals surface area contributed by atoms with Crippen molar-refractivity contribution < 1.29 is 63.2 Å². The molecule has 0 unspecified atom stereocenters. The molecule has 2 bridgehead atoms. The number of hydrogen-bond donors (Lipinski definition) is 5. The number of nitrogen functional groups attached to an aromatic ring is 1. The molecule has 6 N–H and O–H groups in total. The van der Waals surface area contributed by atoms with Crippen molar-refractivity contribution in [2.45, 2.75) is 55.1 Å². The van der Waals surface area contributed by atoms with Crippen LogP contribution in [0.25, 0.3) is 11.1 Å². The van der Waals surface area contributed by atoms with Crippen LogP contribution in [0.4, 0.5) is 5.82 Å². The van der Waals surface area contributed by atoms with E-state index in [4.69, 9.17) is 44.0 Å². The zero-order valence-corrected chi connectivity index (χ0v) is 26.2. The van der Waals surface area contributed by atoms with Gasteiger partial charge in [-0.1, -0.05) is 17.9 Å². The number of aliphatic hydroxyl groups is 3. The highest BCUT2D eigenvalue weighted by molar-refractivity contribution is 5.90. The Kier molecular flexibility index (Phi) is 8.11. The fourth-order valence-electron chi connectivity index (χ4n) is 6.68. The Morgan fingerprint density at radius 2 is 1.94 bits per heavy atom. The van der Waals surface area contributed by atoms with Crippen molar-refractivity contribution in [2.75, 3.05) is 33.2 Å². The molecule has 5 aliphatic heterocycles. The third kappa shape index (κ3) is 5.39. The number of esters is 1. The fraction of sp³-hybridized carbons (Fsp3) is 0.382. The zero-order valence-electron chi connectivity index (χ0n) is 26.2. The number of anilines is 1. The van der Waals surface area contributed by atoms with Crippen LogP contribution >= 0.6 is 0 Å². The minimum Gasteiger partial charge on any atom is -0.493 e. The number of carboxylic acids is 1. The molecule has 1 saturated heterocycles. The molecule has 15 heteroatoms. The number of carboxylic acid groups (broad SMARTS) is 1. The number of aromatic nitrogens is 1. The van der Waals surface area contributed by atoms with Crippen LogP contribution in [-0.4, -0.2) is 95.0 Å². The summed E-state index contributed by atoms with van der Waals surface area (Å²) in [5.74, 6) is 5.43. The molecule has 2 aromatic carbocycles. The summed E-state index contributed by atoms with van der Waals surface area (Å²) in [6.07, 6.45) is -7.05. The standard InChI is InChI=1S/C34H32N2O13/c1-43-19-7-6-16-18-13-45-21-10-20-17(26(15-5-8-23(35)36-12-15)27(21)29(18)49-30(16)31(19)44-2)4-3-9-34(42)22(14-46-25(39)11-24(37)38)48-33(47-20)28(40)32(34)41/h5-8,10,12,18,22,28-29,32-33,40-42H,9,11,13-14H2,1-2H3,(H2,35,36)(H,37,38)/t18-,22+,28+,29-,32+,33+,34+/m0/s1. The Morgan fingerprint density at radius 3 is 2.65 bits per heavy atom. The topological polar surface area (TPSA) is 219 Å². The van der Waals surface area contributed by atoms with Crippen LogP contribution in [0.2, 0.25) is 0 Å². The van der Waals surface area contributed by atoms with Crippen molar-refractivity contribution in [3.8, 4) is 51.7 Å². The average Bonchev–Trinajstić information content (AvgIpc) is 3.46. The van der Waals surface area contributed by atoms with Gasteiger partial charge in [-0.2, -0.15) is 0 Å². The lowest BCUT2D eigenvalue weighted by Crippen LogP contribution is -2.68. The van der Waals surface area contributed by atoms with Gasteiger partial charge < -0.3 is 59.3 Å². The number of carbonyl (C=O) groups is 2. The van der Waals surface area contributed by atoms with E-state index in [2.05, 4.69) is 16.8 Å². The summed E-state index contributed by atoms with van der Waals surface area (Å²) in [6.45, 7) is -0.423. The minimum absolute atomic E-state index is 0.108. The largest absolute Gasteiger partial charge is 0.493 e. The van der Waals surface area contributed by atoms with Gasteiger partial charge in [-0.15, -0.1) is 0 Å². The number of methoxy groups -OCH3 is 2. The van der Waals surface area contributed by atoms with E-state index >= 15 is 0 Å². The Hall–Kier alpha value is -5.27. The second kappa shape index (κ2) is 12.3. The van der Waals surface area contributed by atoms with Gasteiger partial charge in [0.2, 0.25) is 12.0 Å². The first-order valence-corrected chi connectivity index (χ1v) is 15.3. The van der Waals surface area contributed by atoms with Crippen LogP contribution in [0.5, 0.6) is 28.7 Å². The first-order chi connectivity index (χ1) is 23.5. The Bertz CT molecular complexity index is 1890.